The number of nitrogens with zero attached hydrogens (tertiary/aromatic N) is 2. The van der Waals surface area contributed by atoms with Crippen molar-refractivity contribution in [3.63, 3.8) is 0 Å². The smallest absolute Gasteiger partial charge is 0.264 e. The maximum atomic E-state index is 14.5. The predicted molar refractivity (Wildman–Crippen MR) is 176 cm³/mol. The van der Waals surface area contributed by atoms with Crippen molar-refractivity contribution in [1.29, 1.82) is 0 Å². The van der Waals surface area contributed by atoms with Gasteiger partial charge in [-0.25, -0.2) is 8.42 Å². The van der Waals surface area contributed by atoms with Crippen LogP contribution in [-0.2, 0) is 32.6 Å². The first-order valence-corrected chi connectivity index (χ1v) is 16.3. The Kier molecular flexibility index (Phi) is 10.8. The summed E-state index contributed by atoms with van der Waals surface area (Å²) in [6.07, 6.45) is 0.244. The third kappa shape index (κ3) is 8.49. The van der Waals surface area contributed by atoms with Crippen LogP contribution in [0.2, 0.25) is 5.02 Å². The maximum Gasteiger partial charge on any atom is 0.264 e. The van der Waals surface area contributed by atoms with Crippen molar-refractivity contribution in [2.24, 2.45) is 0 Å². The third-order valence-corrected chi connectivity index (χ3v) is 9.11. The molecule has 0 aliphatic rings. The summed E-state index contributed by atoms with van der Waals surface area (Å²) in [5.74, 6) is -0.839. The van der Waals surface area contributed by atoms with Crippen molar-refractivity contribution in [3.05, 3.63) is 130 Å². The highest BCUT2D eigenvalue weighted by atomic mass is 35.5. The lowest BCUT2D eigenvalue weighted by molar-refractivity contribution is -0.140. The van der Waals surface area contributed by atoms with E-state index in [9.17, 15) is 18.0 Å². The molecule has 44 heavy (non-hydrogen) atoms. The van der Waals surface area contributed by atoms with Crippen LogP contribution in [0.3, 0.4) is 0 Å². The molecule has 0 aliphatic carbocycles. The Morgan fingerprint density at radius 3 is 1.93 bits per heavy atom. The Morgan fingerprint density at radius 1 is 0.795 bits per heavy atom. The van der Waals surface area contributed by atoms with E-state index in [2.05, 4.69) is 5.32 Å². The summed E-state index contributed by atoms with van der Waals surface area (Å²) in [7, 11) is -4.15. The van der Waals surface area contributed by atoms with Gasteiger partial charge in [-0.3, -0.25) is 13.9 Å². The summed E-state index contributed by atoms with van der Waals surface area (Å²) in [4.78, 5) is 29.8. The quantitative estimate of drug-likeness (QED) is 0.198. The van der Waals surface area contributed by atoms with E-state index in [4.69, 9.17) is 11.6 Å². The van der Waals surface area contributed by atoms with Gasteiger partial charge in [-0.15, -0.1) is 0 Å². The van der Waals surface area contributed by atoms with Gasteiger partial charge in [0.2, 0.25) is 11.8 Å². The van der Waals surface area contributed by atoms with Crippen LogP contribution >= 0.6 is 11.6 Å². The molecule has 0 fully saturated rings. The largest absolute Gasteiger partial charge is 0.352 e. The minimum atomic E-state index is -4.15. The van der Waals surface area contributed by atoms with Gasteiger partial charge in [0.25, 0.3) is 10.0 Å². The number of anilines is 1. The van der Waals surface area contributed by atoms with E-state index in [1.165, 1.54) is 17.0 Å². The van der Waals surface area contributed by atoms with Gasteiger partial charge in [0.05, 0.1) is 10.6 Å². The van der Waals surface area contributed by atoms with Crippen molar-refractivity contribution in [2.45, 2.75) is 57.6 Å². The van der Waals surface area contributed by atoms with E-state index in [1.54, 1.807) is 54.6 Å². The molecule has 0 saturated heterocycles. The maximum absolute atomic E-state index is 14.5. The fourth-order valence-corrected chi connectivity index (χ4v) is 6.61. The number of carbonyl (C=O) groups is 2. The highest BCUT2D eigenvalue weighted by Crippen LogP contribution is 2.27. The Labute approximate surface area is 265 Å². The first kappa shape index (κ1) is 32.8. The van der Waals surface area contributed by atoms with E-state index in [0.717, 1.165) is 26.6 Å². The molecule has 230 valence electrons. The first-order valence-electron chi connectivity index (χ1n) is 14.5. The zero-order chi connectivity index (χ0) is 31.9. The number of nitrogens with one attached hydrogen (secondary N) is 1. The van der Waals surface area contributed by atoms with Crippen LogP contribution < -0.4 is 9.62 Å². The second-order valence-electron chi connectivity index (χ2n) is 11.2. The van der Waals surface area contributed by atoms with Crippen LogP contribution in [0.5, 0.6) is 0 Å². The molecule has 1 atom stereocenters. The van der Waals surface area contributed by atoms with Gasteiger partial charge in [-0.1, -0.05) is 78.3 Å². The van der Waals surface area contributed by atoms with Gasteiger partial charge in [-0.2, -0.15) is 0 Å². The molecule has 0 aliphatic heterocycles. The minimum Gasteiger partial charge on any atom is -0.352 e. The molecule has 0 saturated carbocycles. The van der Waals surface area contributed by atoms with E-state index < -0.39 is 28.5 Å². The summed E-state index contributed by atoms with van der Waals surface area (Å²) >= 11 is 6.14. The molecule has 4 aromatic rings. The number of carbonyl (C=O) groups excluding carboxylic acids is 2. The zero-order valence-corrected chi connectivity index (χ0v) is 27.0. The molecule has 0 heterocycles. The van der Waals surface area contributed by atoms with Crippen molar-refractivity contribution < 1.29 is 18.0 Å². The number of benzene rings is 4. The van der Waals surface area contributed by atoms with Crippen molar-refractivity contribution in [2.75, 3.05) is 10.8 Å². The average molecular weight is 632 g/mol. The molecule has 7 nitrogen and oxygen atoms in total. The van der Waals surface area contributed by atoms with Crippen LogP contribution in [0, 0.1) is 13.8 Å². The minimum absolute atomic E-state index is 0.0644. The molecule has 9 heteroatoms. The van der Waals surface area contributed by atoms with E-state index in [1.807, 2.05) is 64.1 Å². The molecule has 0 spiro atoms. The van der Waals surface area contributed by atoms with Crippen LogP contribution in [0.15, 0.2) is 108 Å². The van der Waals surface area contributed by atoms with E-state index >= 15 is 0 Å². The molecule has 0 radical (unpaired) electrons. The molecule has 2 amide bonds. The summed E-state index contributed by atoms with van der Waals surface area (Å²) in [6.45, 7) is 7.04. The van der Waals surface area contributed by atoms with Crippen molar-refractivity contribution >= 4 is 39.1 Å². The Morgan fingerprint density at radius 2 is 1.36 bits per heavy atom. The number of hydrogen-bond acceptors (Lipinski definition) is 4. The monoisotopic (exact) mass is 631 g/mol. The zero-order valence-electron chi connectivity index (χ0n) is 25.4. The summed E-state index contributed by atoms with van der Waals surface area (Å²) in [5.41, 5.74) is 3.71. The number of rotatable bonds is 12. The summed E-state index contributed by atoms with van der Waals surface area (Å²) < 4.78 is 29.4. The van der Waals surface area contributed by atoms with Crippen LogP contribution in [0.4, 0.5) is 5.69 Å². The number of amides is 2. The standard InChI is InChI=1S/C35H38ClN3O4S/c1-25(2)37-35(41)33(22-28-11-7-5-8-12-28)38(23-29-15-17-30(36)18-16-29)34(40)24-39(31-20-26(3)19-27(4)21-31)44(42,43)32-13-9-6-10-14-32/h5-21,25,33H,22-24H2,1-4H3,(H,37,41)/t33-/m1/s1. The number of aryl methyl sites for hydroxylation is 2. The van der Waals surface area contributed by atoms with Gasteiger partial charge in [0.1, 0.15) is 12.6 Å². The van der Waals surface area contributed by atoms with Gasteiger partial charge in [0, 0.05) is 24.0 Å². The molecular formula is C35H38ClN3O4S. The predicted octanol–water partition coefficient (Wildman–Crippen LogP) is 6.32. The second kappa shape index (κ2) is 14.6. The fourth-order valence-electron chi connectivity index (χ4n) is 5.06. The second-order valence-corrected chi connectivity index (χ2v) is 13.5. The number of hydrogen-bond donors (Lipinski definition) is 1. The van der Waals surface area contributed by atoms with E-state index in [-0.39, 0.29) is 29.8 Å². The number of sulfonamides is 1. The lowest BCUT2D eigenvalue weighted by atomic mass is 10.0. The lowest BCUT2D eigenvalue weighted by Gasteiger charge is -2.34. The van der Waals surface area contributed by atoms with Crippen LogP contribution in [0.25, 0.3) is 0 Å². The van der Waals surface area contributed by atoms with Crippen LogP contribution in [-0.4, -0.2) is 43.8 Å². The molecule has 0 aromatic heterocycles. The molecule has 1 N–H and O–H groups in total. The molecule has 0 unspecified atom stereocenters. The highest BCUT2D eigenvalue weighted by molar-refractivity contribution is 7.92. The van der Waals surface area contributed by atoms with Crippen molar-refractivity contribution in [1.82, 2.24) is 10.2 Å². The Bertz CT molecular complexity index is 1660. The molecular weight excluding hydrogens is 594 g/mol. The highest BCUT2D eigenvalue weighted by Gasteiger charge is 2.35. The normalized spacial score (nSPS) is 12.0. The molecule has 4 rings (SSSR count). The molecule has 4 aromatic carbocycles. The SMILES string of the molecule is Cc1cc(C)cc(N(CC(=O)N(Cc2ccc(Cl)cc2)[C@H](Cc2ccccc2)C(=O)NC(C)C)S(=O)(=O)c2ccccc2)c1. The Balaban J connectivity index is 1.82. The molecule has 0 bridgehead atoms. The first-order chi connectivity index (χ1) is 20.9. The average Bonchev–Trinajstić information content (AvgIpc) is 2.98. The Hall–Kier alpha value is -4.14. The van der Waals surface area contributed by atoms with Gasteiger partial charge >= 0.3 is 0 Å². The van der Waals surface area contributed by atoms with E-state index in [0.29, 0.717) is 10.7 Å². The van der Waals surface area contributed by atoms with Crippen molar-refractivity contribution in [3.8, 4) is 0 Å². The lowest BCUT2D eigenvalue weighted by Crippen LogP contribution is -2.54. The van der Waals surface area contributed by atoms with Gasteiger partial charge in [-0.05, 0) is 86.3 Å². The van der Waals surface area contributed by atoms with Crippen LogP contribution in [0.1, 0.15) is 36.1 Å². The topological polar surface area (TPSA) is 86.8 Å². The fraction of sp³-hybridized carbons (Fsp3) is 0.257. The summed E-state index contributed by atoms with van der Waals surface area (Å²) in [6, 6.07) is 28.9. The third-order valence-electron chi connectivity index (χ3n) is 7.07. The number of halogens is 1. The van der Waals surface area contributed by atoms with Gasteiger partial charge in [0.15, 0.2) is 0 Å². The van der Waals surface area contributed by atoms with Gasteiger partial charge < -0.3 is 10.2 Å². The summed E-state index contributed by atoms with van der Waals surface area (Å²) in [5, 5.41) is 3.51.